The van der Waals surface area contributed by atoms with Gasteiger partial charge in [0.2, 0.25) is 0 Å². The van der Waals surface area contributed by atoms with Gasteiger partial charge in [0.15, 0.2) is 0 Å². The molecular formula is C14H16OS. The summed E-state index contributed by atoms with van der Waals surface area (Å²) < 4.78 is 0.273. The summed E-state index contributed by atoms with van der Waals surface area (Å²) in [6.07, 6.45) is 5.51. The van der Waals surface area contributed by atoms with E-state index in [1.54, 1.807) is 0 Å². The summed E-state index contributed by atoms with van der Waals surface area (Å²) in [5.74, 6) is 0.860. The molecule has 3 rings (SSSR count). The highest BCUT2D eigenvalue weighted by atomic mass is 32.2. The number of ketones is 1. The zero-order valence-electron chi connectivity index (χ0n) is 9.32. The van der Waals surface area contributed by atoms with Crippen LogP contribution in [0.25, 0.3) is 0 Å². The maximum atomic E-state index is 11.8. The van der Waals surface area contributed by atoms with E-state index >= 15 is 0 Å². The van der Waals surface area contributed by atoms with Gasteiger partial charge >= 0.3 is 0 Å². The summed E-state index contributed by atoms with van der Waals surface area (Å²) in [7, 11) is 0. The molecule has 84 valence electrons. The second-order valence-corrected chi connectivity index (χ2v) is 6.38. The minimum Gasteiger partial charge on any atom is -0.299 e. The zero-order valence-corrected chi connectivity index (χ0v) is 10.1. The zero-order chi connectivity index (χ0) is 11.0. The lowest BCUT2D eigenvalue weighted by molar-refractivity contribution is -0.120. The molecule has 0 bridgehead atoms. The molecule has 0 aromatic heterocycles. The van der Waals surface area contributed by atoms with E-state index in [0.717, 1.165) is 19.3 Å². The van der Waals surface area contributed by atoms with Crippen LogP contribution in [-0.4, -0.2) is 10.5 Å². The van der Waals surface area contributed by atoms with Gasteiger partial charge in [-0.25, -0.2) is 0 Å². The van der Waals surface area contributed by atoms with Crippen LogP contribution in [0, 0.1) is 5.92 Å². The van der Waals surface area contributed by atoms with Crippen molar-refractivity contribution in [2.45, 2.75) is 41.7 Å². The van der Waals surface area contributed by atoms with Crippen LogP contribution in [0.5, 0.6) is 0 Å². The molecule has 2 fully saturated rings. The van der Waals surface area contributed by atoms with Crippen LogP contribution in [0.4, 0.5) is 0 Å². The maximum Gasteiger partial charge on any atom is 0.137 e. The Morgan fingerprint density at radius 3 is 2.50 bits per heavy atom. The predicted octanol–water partition coefficient (Wildman–Crippen LogP) is 3.68. The van der Waals surface area contributed by atoms with Crippen LogP contribution in [0.3, 0.4) is 0 Å². The molecule has 0 N–H and O–H groups in total. The Labute approximate surface area is 101 Å². The molecule has 2 aliphatic carbocycles. The van der Waals surface area contributed by atoms with Crippen LogP contribution in [0.2, 0.25) is 0 Å². The van der Waals surface area contributed by atoms with Crippen molar-refractivity contribution in [1.82, 2.24) is 0 Å². The van der Waals surface area contributed by atoms with Gasteiger partial charge in [-0.2, -0.15) is 0 Å². The van der Waals surface area contributed by atoms with E-state index in [9.17, 15) is 4.79 Å². The molecule has 2 saturated carbocycles. The highest BCUT2D eigenvalue weighted by Gasteiger charge is 2.53. The van der Waals surface area contributed by atoms with E-state index in [0.29, 0.717) is 11.7 Å². The van der Waals surface area contributed by atoms with E-state index in [2.05, 4.69) is 24.3 Å². The average Bonchev–Trinajstić information content (AvgIpc) is 2.93. The molecule has 16 heavy (non-hydrogen) atoms. The highest BCUT2D eigenvalue weighted by Crippen LogP contribution is 2.59. The third-order valence-electron chi connectivity index (χ3n) is 3.75. The molecule has 2 heteroatoms. The van der Waals surface area contributed by atoms with Crippen LogP contribution in [0.1, 0.15) is 32.1 Å². The SMILES string of the molecule is O=C1CCCC1C1(Sc2ccccc2)CC1. The van der Waals surface area contributed by atoms with E-state index in [4.69, 9.17) is 0 Å². The van der Waals surface area contributed by atoms with E-state index < -0.39 is 0 Å². The number of thioether (sulfide) groups is 1. The summed E-state index contributed by atoms with van der Waals surface area (Å²) in [6, 6.07) is 10.5. The number of carbonyl (C=O) groups excluding carboxylic acids is 1. The lowest BCUT2D eigenvalue weighted by Gasteiger charge is -2.20. The fourth-order valence-electron chi connectivity index (χ4n) is 2.74. The molecule has 0 aliphatic heterocycles. The van der Waals surface area contributed by atoms with Gasteiger partial charge in [0, 0.05) is 22.0 Å². The molecule has 0 amide bonds. The molecule has 1 atom stereocenters. The predicted molar refractivity (Wildman–Crippen MR) is 66.6 cm³/mol. The Bertz CT molecular complexity index is 394. The monoisotopic (exact) mass is 232 g/mol. The summed E-state index contributed by atoms with van der Waals surface area (Å²) in [5, 5.41) is 0. The summed E-state index contributed by atoms with van der Waals surface area (Å²) >= 11 is 1.94. The van der Waals surface area contributed by atoms with Gasteiger partial charge in [0.1, 0.15) is 5.78 Å². The third-order valence-corrected chi connectivity index (χ3v) is 5.35. The molecule has 0 saturated heterocycles. The first kappa shape index (κ1) is 10.4. The molecule has 2 aliphatic rings. The van der Waals surface area contributed by atoms with Crippen molar-refractivity contribution in [3.8, 4) is 0 Å². The number of carbonyl (C=O) groups is 1. The Morgan fingerprint density at radius 1 is 1.19 bits per heavy atom. The molecule has 1 unspecified atom stereocenters. The minimum atomic E-state index is 0.273. The van der Waals surface area contributed by atoms with Crippen molar-refractivity contribution >= 4 is 17.5 Å². The molecule has 0 radical (unpaired) electrons. The van der Waals surface area contributed by atoms with Gasteiger partial charge in [0.25, 0.3) is 0 Å². The number of hydrogen-bond donors (Lipinski definition) is 0. The fourth-order valence-corrected chi connectivity index (χ4v) is 4.20. The number of rotatable bonds is 3. The van der Waals surface area contributed by atoms with Gasteiger partial charge in [0.05, 0.1) is 0 Å². The molecular weight excluding hydrogens is 216 g/mol. The number of benzene rings is 1. The molecule has 1 aromatic rings. The Hall–Kier alpha value is -0.760. The van der Waals surface area contributed by atoms with Crippen molar-refractivity contribution in [3.63, 3.8) is 0 Å². The smallest absolute Gasteiger partial charge is 0.137 e. The molecule has 0 heterocycles. The molecule has 1 aromatic carbocycles. The Morgan fingerprint density at radius 2 is 1.94 bits per heavy atom. The number of Topliss-reactive ketones (excluding diaryl/α,β-unsaturated/α-hetero) is 1. The van der Waals surface area contributed by atoms with E-state index in [1.807, 2.05) is 17.8 Å². The first-order valence-electron chi connectivity index (χ1n) is 6.07. The first-order chi connectivity index (χ1) is 7.80. The Balaban J connectivity index is 1.77. The van der Waals surface area contributed by atoms with Gasteiger partial charge in [-0.15, -0.1) is 11.8 Å². The van der Waals surface area contributed by atoms with Crippen molar-refractivity contribution < 1.29 is 4.79 Å². The van der Waals surface area contributed by atoms with Gasteiger partial charge in [-0.3, -0.25) is 4.79 Å². The van der Waals surface area contributed by atoms with Gasteiger partial charge in [-0.1, -0.05) is 18.2 Å². The maximum absolute atomic E-state index is 11.8. The van der Waals surface area contributed by atoms with Crippen LogP contribution < -0.4 is 0 Å². The van der Waals surface area contributed by atoms with Crippen molar-refractivity contribution in [2.75, 3.05) is 0 Å². The molecule has 1 nitrogen and oxygen atoms in total. The quantitative estimate of drug-likeness (QED) is 0.790. The van der Waals surface area contributed by atoms with Crippen LogP contribution in [0.15, 0.2) is 35.2 Å². The summed E-state index contributed by atoms with van der Waals surface area (Å²) in [6.45, 7) is 0. The second-order valence-electron chi connectivity index (χ2n) is 4.89. The van der Waals surface area contributed by atoms with E-state index in [1.165, 1.54) is 17.7 Å². The Kier molecular flexibility index (Phi) is 2.55. The topological polar surface area (TPSA) is 17.1 Å². The number of hydrogen-bond acceptors (Lipinski definition) is 2. The van der Waals surface area contributed by atoms with Gasteiger partial charge < -0.3 is 0 Å². The standard InChI is InChI=1S/C14H16OS/c15-13-8-4-7-12(13)14(9-10-14)16-11-5-2-1-3-6-11/h1-3,5-6,12H,4,7-10H2. The van der Waals surface area contributed by atoms with E-state index in [-0.39, 0.29) is 4.75 Å². The summed E-state index contributed by atoms with van der Waals surface area (Å²) in [5.41, 5.74) is 0. The second kappa shape index (κ2) is 3.92. The van der Waals surface area contributed by atoms with Crippen molar-refractivity contribution in [2.24, 2.45) is 5.92 Å². The average molecular weight is 232 g/mol. The third kappa shape index (κ3) is 1.80. The lowest BCUT2D eigenvalue weighted by atomic mass is 10.0. The van der Waals surface area contributed by atoms with Crippen LogP contribution in [-0.2, 0) is 4.79 Å². The largest absolute Gasteiger partial charge is 0.299 e. The normalized spacial score (nSPS) is 27.0. The highest BCUT2D eigenvalue weighted by molar-refractivity contribution is 8.01. The van der Waals surface area contributed by atoms with Gasteiger partial charge in [-0.05, 0) is 37.8 Å². The summed E-state index contributed by atoms with van der Waals surface area (Å²) in [4.78, 5) is 13.2. The molecule has 0 spiro atoms. The van der Waals surface area contributed by atoms with Crippen LogP contribution >= 0.6 is 11.8 Å². The van der Waals surface area contributed by atoms with Crippen molar-refractivity contribution in [1.29, 1.82) is 0 Å². The van der Waals surface area contributed by atoms with Crippen molar-refractivity contribution in [3.05, 3.63) is 30.3 Å². The minimum absolute atomic E-state index is 0.273. The first-order valence-corrected chi connectivity index (χ1v) is 6.89. The fraction of sp³-hybridized carbons (Fsp3) is 0.500. The lowest BCUT2D eigenvalue weighted by Crippen LogP contribution is -2.22.